The van der Waals surface area contributed by atoms with Gasteiger partial charge in [-0.15, -0.1) is 0 Å². The Morgan fingerprint density at radius 2 is 2.24 bits per heavy atom. The van der Waals surface area contributed by atoms with Crippen LogP contribution in [0.1, 0.15) is 24.6 Å². The van der Waals surface area contributed by atoms with E-state index in [4.69, 9.17) is 9.47 Å². The van der Waals surface area contributed by atoms with Crippen LogP contribution in [-0.2, 0) is 16.1 Å². The van der Waals surface area contributed by atoms with Gasteiger partial charge in [-0.3, -0.25) is 4.79 Å². The van der Waals surface area contributed by atoms with E-state index in [1.54, 1.807) is 11.8 Å². The average molecular weight is 287 g/mol. The van der Waals surface area contributed by atoms with E-state index in [2.05, 4.69) is 10.1 Å². The van der Waals surface area contributed by atoms with Gasteiger partial charge in [0.1, 0.15) is 17.5 Å². The molecule has 1 aliphatic rings. The molecule has 6 heteroatoms. The molecule has 1 atom stereocenters. The number of fused-ring (bicyclic) bond motifs is 1. The summed E-state index contributed by atoms with van der Waals surface area (Å²) < 4.78 is 11.9. The molecule has 110 valence electrons. The molecule has 3 rings (SSSR count). The molecule has 0 bridgehead atoms. The number of carbonyl (C=O) groups excluding carboxylic acids is 1. The minimum absolute atomic E-state index is 0.249. The van der Waals surface area contributed by atoms with Crippen LogP contribution in [0.2, 0.25) is 0 Å². The molecule has 2 aromatic rings. The van der Waals surface area contributed by atoms with E-state index in [9.17, 15) is 4.79 Å². The highest BCUT2D eigenvalue weighted by molar-refractivity contribution is 5.77. The van der Waals surface area contributed by atoms with Crippen molar-refractivity contribution in [1.82, 2.24) is 14.8 Å². The van der Waals surface area contributed by atoms with Crippen molar-refractivity contribution in [3.8, 4) is 17.1 Å². The van der Waals surface area contributed by atoms with E-state index in [1.807, 2.05) is 24.3 Å². The number of nitrogens with zero attached hydrogens (tertiary/aromatic N) is 3. The first-order valence-corrected chi connectivity index (χ1v) is 6.90. The molecule has 21 heavy (non-hydrogen) atoms. The van der Waals surface area contributed by atoms with Crippen LogP contribution in [0.3, 0.4) is 0 Å². The van der Waals surface area contributed by atoms with Gasteiger partial charge in [0.2, 0.25) is 0 Å². The van der Waals surface area contributed by atoms with Crippen LogP contribution >= 0.6 is 0 Å². The zero-order valence-electron chi connectivity index (χ0n) is 12.1. The zero-order valence-corrected chi connectivity index (χ0v) is 12.1. The summed E-state index contributed by atoms with van der Waals surface area (Å²) in [6, 6.07) is 7.58. The Bertz CT molecular complexity index is 666. The van der Waals surface area contributed by atoms with Gasteiger partial charge in [-0.2, -0.15) is 5.10 Å². The number of hydrogen-bond donors (Lipinski definition) is 0. The van der Waals surface area contributed by atoms with Gasteiger partial charge in [0.15, 0.2) is 5.82 Å². The Labute approximate surface area is 122 Å². The van der Waals surface area contributed by atoms with E-state index in [1.165, 1.54) is 7.11 Å². The number of carbonyl (C=O) groups is 1. The lowest BCUT2D eigenvalue weighted by Crippen LogP contribution is -2.24. The van der Waals surface area contributed by atoms with Gasteiger partial charge in [-0.1, -0.05) is 12.1 Å². The fourth-order valence-electron chi connectivity index (χ4n) is 2.60. The first kappa shape index (κ1) is 13.6. The fourth-order valence-corrected chi connectivity index (χ4v) is 2.60. The predicted molar refractivity (Wildman–Crippen MR) is 76.0 cm³/mol. The van der Waals surface area contributed by atoms with Crippen molar-refractivity contribution in [1.29, 1.82) is 0 Å². The number of aromatic nitrogens is 3. The van der Waals surface area contributed by atoms with Crippen LogP contribution < -0.4 is 4.74 Å². The minimum Gasteiger partial charge on any atom is -0.497 e. The van der Waals surface area contributed by atoms with Crippen molar-refractivity contribution in [2.45, 2.75) is 25.3 Å². The van der Waals surface area contributed by atoms with Crippen LogP contribution in [-0.4, -0.2) is 35.0 Å². The molecular weight excluding hydrogens is 270 g/mol. The molecule has 1 unspecified atom stereocenters. The van der Waals surface area contributed by atoms with E-state index in [0.29, 0.717) is 11.6 Å². The molecule has 0 spiro atoms. The Balaban J connectivity index is 1.99. The van der Waals surface area contributed by atoms with Crippen molar-refractivity contribution in [3.63, 3.8) is 0 Å². The smallest absolute Gasteiger partial charge is 0.316 e. The second-order valence-electron chi connectivity index (χ2n) is 4.97. The Kier molecular flexibility index (Phi) is 3.60. The number of ether oxygens (including phenoxy) is 2. The number of methoxy groups -OCH3 is 2. The molecule has 1 aliphatic heterocycles. The second kappa shape index (κ2) is 5.55. The Hall–Kier alpha value is -2.37. The molecule has 0 saturated heterocycles. The van der Waals surface area contributed by atoms with Crippen molar-refractivity contribution in [3.05, 3.63) is 30.1 Å². The topological polar surface area (TPSA) is 66.2 Å². The third kappa shape index (κ3) is 2.49. The van der Waals surface area contributed by atoms with Crippen molar-refractivity contribution >= 4 is 5.97 Å². The van der Waals surface area contributed by atoms with Crippen LogP contribution in [0.15, 0.2) is 24.3 Å². The number of esters is 1. The van der Waals surface area contributed by atoms with Crippen LogP contribution in [0, 0.1) is 0 Å². The number of hydrogen-bond acceptors (Lipinski definition) is 5. The van der Waals surface area contributed by atoms with E-state index in [0.717, 1.165) is 30.7 Å². The second-order valence-corrected chi connectivity index (χ2v) is 4.97. The first-order chi connectivity index (χ1) is 10.2. The summed E-state index contributed by atoms with van der Waals surface area (Å²) in [5.41, 5.74) is 0.875. The molecule has 0 aliphatic carbocycles. The lowest BCUT2D eigenvalue weighted by molar-refractivity contribution is -0.143. The SMILES string of the molecule is COC(=O)C1CCCn2nc(-c3cccc(OC)c3)nc21. The highest BCUT2D eigenvalue weighted by Crippen LogP contribution is 2.29. The van der Waals surface area contributed by atoms with Gasteiger partial charge in [-0.05, 0) is 25.0 Å². The largest absolute Gasteiger partial charge is 0.497 e. The molecule has 0 radical (unpaired) electrons. The normalized spacial score (nSPS) is 17.1. The molecule has 2 heterocycles. The zero-order chi connectivity index (χ0) is 14.8. The highest BCUT2D eigenvalue weighted by Gasteiger charge is 2.31. The van der Waals surface area contributed by atoms with Gasteiger partial charge >= 0.3 is 5.97 Å². The van der Waals surface area contributed by atoms with E-state index >= 15 is 0 Å². The van der Waals surface area contributed by atoms with E-state index in [-0.39, 0.29) is 11.9 Å². The van der Waals surface area contributed by atoms with Gasteiger partial charge in [0, 0.05) is 12.1 Å². The van der Waals surface area contributed by atoms with Gasteiger partial charge in [0.25, 0.3) is 0 Å². The molecule has 0 saturated carbocycles. The quantitative estimate of drug-likeness (QED) is 0.808. The lowest BCUT2D eigenvalue weighted by atomic mass is 9.99. The molecule has 1 aromatic heterocycles. The molecule has 6 nitrogen and oxygen atoms in total. The molecule has 1 aromatic carbocycles. The van der Waals surface area contributed by atoms with Crippen LogP contribution in [0.25, 0.3) is 11.4 Å². The van der Waals surface area contributed by atoms with Crippen LogP contribution in [0.5, 0.6) is 5.75 Å². The standard InChI is InChI=1S/C15H17N3O3/c1-20-11-6-3-5-10(9-11)13-16-14-12(15(19)21-2)7-4-8-18(14)17-13/h3,5-6,9,12H,4,7-8H2,1-2H3. The first-order valence-electron chi connectivity index (χ1n) is 6.90. The molecule has 0 fully saturated rings. The fraction of sp³-hybridized carbons (Fsp3) is 0.400. The maximum Gasteiger partial charge on any atom is 0.316 e. The lowest BCUT2D eigenvalue weighted by Gasteiger charge is -2.19. The number of rotatable bonds is 3. The van der Waals surface area contributed by atoms with Gasteiger partial charge in [-0.25, -0.2) is 9.67 Å². The third-order valence-electron chi connectivity index (χ3n) is 3.69. The Morgan fingerprint density at radius 3 is 3.00 bits per heavy atom. The third-order valence-corrected chi connectivity index (χ3v) is 3.69. The van der Waals surface area contributed by atoms with Crippen molar-refractivity contribution in [2.75, 3.05) is 14.2 Å². The number of benzene rings is 1. The summed E-state index contributed by atoms with van der Waals surface area (Å²) >= 11 is 0. The Morgan fingerprint density at radius 1 is 1.38 bits per heavy atom. The monoisotopic (exact) mass is 287 g/mol. The maximum absolute atomic E-state index is 11.9. The molecule has 0 amide bonds. The summed E-state index contributed by atoms with van der Waals surface area (Å²) in [7, 11) is 3.03. The summed E-state index contributed by atoms with van der Waals surface area (Å²) in [4.78, 5) is 16.4. The van der Waals surface area contributed by atoms with E-state index < -0.39 is 0 Å². The average Bonchev–Trinajstić information content (AvgIpc) is 2.98. The summed E-state index contributed by atoms with van der Waals surface area (Å²) in [6.07, 6.45) is 1.65. The van der Waals surface area contributed by atoms with Crippen molar-refractivity contribution in [2.24, 2.45) is 0 Å². The highest BCUT2D eigenvalue weighted by atomic mass is 16.5. The summed E-state index contributed by atoms with van der Waals surface area (Å²) in [5, 5.41) is 4.51. The molecule has 0 N–H and O–H groups in total. The van der Waals surface area contributed by atoms with Gasteiger partial charge in [0.05, 0.1) is 14.2 Å². The molecular formula is C15H17N3O3. The van der Waals surface area contributed by atoms with Crippen molar-refractivity contribution < 1.29 is 14.3 Å². The summed E-state index contributed by atoms with van der Waals surface area (Å²) in [6.45, 7) is 0.778. The predicted octanol–water partition coefficient (Wildman–Crippen LogP) is 2.00. The van der Waals surface area contributed by atoms with Gasteiger partial charge < -0.3 is 9.47 Å². The maximum atomic E-state index is 11.9. The summed E-state index contributed by atoms with van der Waals surface area (Å²) in [5.74, 6) is 1.48. The minimum atomic E-state index is -0.324. The number of aryl methyl sites for hydroxylation is 1. The van der Waals surface area contributed by atoms with Crippen LogP contribution in [0.4, 0.5) is 0 Å².